The Morgan fingerprint density at radius 1 is 1.14 bits per heavy atom. The molecule has 0 saturated carbocycles. The fourth-order valence-electron chi connectivity index (χ4n) is 1.81. The lowest BCUT2D eigenvalue weighted by atomic mass is 10.1. The van der Waals surface area contributed by atoms with Gasteiger partial charge in [-0.05, 0) is 42.5 Å². The number of hydrogen-bond acceptors (Lipinski definition) is 4. The molecule has 5 heteroatoms. The monoisotopic (exact) mass is 283 g/mol. The van der Waals surface area contributed by atoms with Crippen molar-refractivity contribution in [2.45, 2.75) is 0 Å². The van der Waals surface area contributed by atoms with Crippen LogP contribution in [0.25, 0.3) is 6.08 Å². The number of ketones is 1. The van der Waals surface area contributed by atoms with Gasteiger partial charge in [-0.1, -0.05) is 12.1 Å². The first kappa shape index (κ1) is 14.5. The molecule has 0 bridgehead atoms. The van der Waals surface area contributed by atoms with Crippen molar-refractivity contribution in [2.24, 2.45) is 0 Å². The molecule has 0 aromatic heterocycles. The predicted molar refractivity (Wildman–Crippen MR) is 79.5 cm³/mol. The largest absolute Gasteiger partial charge is 0.497 e. The number of methoxy groups -OCH3 is 1. The molecule has 0 aliphatic rings. The summed E-state index contributed by atoms with van der Waals surface area (Å²) in [4.78, 5) is 22.4. The Morgan fingerprint density at radius 3 is 2.43 bits per heavy atom. The molecule has 0 heterocycles. The SMILES string of the molecule is COc1ccc(C(=O)C=Cc2ccccc2[N+](=O)[O-])cc1. The van der Waals surface area contributed by atoms with Crippen LogP contribution < -0.4 is 4.74 Å². The van der Waals surface area contributed by atoms with E-state index in [2.05, 4.69) is 0 Å². The van der Waals surface area contributed by atoms with Gasteiger partial charge < -0.3 is 4.74 Å². The number of nitro groups is 1. The number of nitro benzene ring substituents is 1. The van der Waals surface area contributed by atoms with Crippen molar-refractivity contribution in [3.8, 4) is 5.75 Å². The minimum absolute atomic E-state index is 0.0312. The number of carbonyl (C=O) groups is 1. The summed E-state index contributed by atoms with van der Waals surface area (Å²) in [5.41, 5.74) is 0.853. The lowest BCUT2D eigenvalue weighted by Crippen LogP contribution is -1.95. The number of hydrogen-bond donors (Lipinski definition) is 0. The highest BCUT2D eigenvalue weighted by atomic mass is 16.6. The van der Waals surface area contributed by atoms with Crippen LogP contribution in [0.15, 0.2) is 54.6 Å². The molecule has 0 aliphatic heterocycles. The molecule has 2 rings (SSSR count). The van der Waals surface area contributed by atoms with Crippen molar-refractivity contribution in [1.29, 1.82) is 0 Å². The van der Waals surface area contributed by atoms with Crippen molar-refractivity contribution in [1.82, 2.24) is 0 Å². The van der Waals surface area contributed by atoms with Crippen LogP contribution in [-0.4, -0.2) is 17.8 Å². The van der Waals surface area contributed by atoms with E-state index in [4.69, 9.17) is 4.74 Å². The van der Waals surface area contributed by atoms with Crippen molar-refractivity contribution >= 4 is 17.5 Å². The molecular formula is C16H13NO4. The van der Waals surface area contributed by atoms with E-state index < -0.39 is 4.92 Å². The van der Waals surface area contributed by atoms with Gasteiger partial charge in [-0.2, -0.15) is 0 Å². The van der Waals surface area contributed by atoms with E-state index in [-0.39, 0.29) is 11.5 Å². The Balaban J connectivity index is 2.20. The van der Waals surface area contributed by atoms with E-state index in [0.29, 0.717) is 16.9 Å². The molecule has 2 aromatic carbocycles. The van der Waals surface area contributed by atoms with Gasteiger partial charge in [0.05, 0.1) is 17.6 Å². The molecule has 106 valence electrons. The molecule has 5 nitrogen and oxygen atoms in total. The highest BCUT2D eigenvalue weighted by Crippen LogP contribution is 2.19. The molecule has 0 atom stereocenters. The van der Waals surface area contributed by atoms with E-state index in [1.54, 1.807) is 49.6 Å². The lowest BCUT2D eigenvalue weighted by Gasteiger charge is -2.00. The molecular weight excluding hydrogens is 270 g/mol. The standard InChI is InChI=1S/C16H13NO4/c1-21-14-9-6-13(7-10-14)16(18)11-8-12-4-2-3-5-15(12)17(19)20/h2-11H,1H3. The summed E-state index contributed by atoms with van der Waals surface area (Å²) in [6.45, 7) is 0. The average molecular weight is 283 g/mol. The normalized spacial score (nSPS) is 10.5. The van der Waals surface area contributed by atoms with E-state index in [0.717, 1.165) is 0 Å². The van der Waals surface area contributed by atoms with Crippen LogP contribution in [0.4, 0.5) is 5.69 Å². The highest BCUT2D eigenvalue weighted by molar-refractivity contribution is 6.07. The highest BCUT2D eigenvalue weighted by Gasteiger charge is 2.10. The number of benzene rings is 2. The Labute approximate surface area is 121 Å². The maximum atomic E-state index is 12.0. The fourth-order valence-corrected chi connectivity index (χ4v) is 1.81. The maximum absolute atomic E-state index is 12.0. The first-order valence-corrected chi connectivity index (χ1v) is 6.21. The van der Waals surface area contributed by atoms with E-state index in [1.807, 2.05) is 0 Å². The molecule has 21 heavy (non-hydrogen) atoms. The fraction of sp³-hybridized carbons (Fsp3) is 0.0625. The third-order valence-electron chi connectivity index (χ3n) is 2.92. The number of para-hydroxylation sites is 1. The predicted octanol–water partition coefficient (Wildman–Crippen LogP) is 3.50. The van der Waals surface area contributed by atoms with Crippen LogP contribution in [0, 0.1) is 10.1 Å². The topological polar surface area (TPSA) is 69.4 Å². The Kier molecular flexibility index (Phi) is 4.46. The van der Waals surface area contributed by atoms with Crippen molar-refractivity contribution in [2.75, 3.05) is 7.11 Å². The summed E-state index contributed by atoms with van der Waals surface area (Å²) in [6.07, 6.45) is 2.77. The first-order valence-electron chi connectivity index (χ1n) is 6.21. The minimum Gasteiger partial charge on any atom is -0.497 e. The molecule has 0 radical (unpaired) electrons. The second kappa shape index (κ2) is 6.47. The molecule has 0 saturated heterocycles. The van der Waals surface area contributed by atoms with Gasteiger partial charge in [-0.25, -0.2) is 0 Å². The minimum atomic E-state index is -0.475. The lowest BCUT2D eigenvalue weighted by molar-refractivity contribution is -0.385. The van der Waals surface area contributed by atoms with Crippen LogP contribution >= 0.6 is 0 Å². The zero-order valence-corrected chi connectivity index (χ0v) is 11.4. The van der Waals surface area contributed by atoms with Gasteiger partial charge in [0.1, 0.15) is 5.75 Å². The Hall–Kier alpha value is -2.95. The molecule has 0 unspecified atom stereocenters. The van der Waals surface area contributed by atoms with Crippen molar-refractivity contribution in [3.63, 3.8) is 0 Å². The van der Waals surface area contributed by atoms with Crippen LogP contribution in [0.3, 0.4) is 0 Å². The summed E-state index contributed by atoms with van der Waals surface area (Å²) in [7, 11) is 1.55. The third kappa shape index (κ3) is 3.54. The van der Waals surface area contributed by atoms with Gasteiger partial charge in [-0.15, -0.1) is 0 Å². The summed E-state index contributed by atoms with van der Waals surface area (Å²) in [5.74, 6) is 0.435. The summed E-state index contributed by atoms with van der Waals surface area (Å²) in [6, 6.07) is 12.9. The van der Waals surface area contributed by atoms with Gasteiger partial charge in [-0.3, -0.25) is 14.9 Å². The zero-order chi connectivity index (χ0) is 15.2. The van der Waals surface area contributed by atoms with E-state index >= 15 is 0 Å². The molecule has 0 amide bonds. The number of nitrogens with zero attached hydrogens (tertiary/aromatic N) is 1. The van der Waals surface area contributed by atoms with Crippen LogP contribution in [-0.2, 0) is 0 Å². The van der Waals surface area contributed by atoms with Gasteiger partial charge in [0.15, 0.2) is 5.78 Å². The smallest absolute Gasteiger partial charge is 0.276 e. The third-order valence-corrected chi connectivity index (χ3v) is 2.92. The van der Waals surface area contributed by atoms with E-state index in [9.17, 15) is 14.9 Å². The van der Waals surface area contributed by atoms with Crippen molar-refractivity contribution < 1.29 is 14.5 Å². The van der Waals surface area contributed by atoms with Crippen LogP contribution in [0.2, 0.25) is 0 Å². The second-order valence-electron chi connectivity index (χ2n) is 4.24. The molecule has 0 fully saturated rings. The summed E-state index contributed by atoms with van der Waals surface area (Å²) < 4.78 is 5.02. The summed E-state index contributed by atoms with van der Waals surface area (Å²) >= 11 is 0. The molecule has 0 N–H and O–H groups in total. The first-order chi connectivity index (χ1) is 10.1. The van der Waals surface area contributed by atoms with Crippen LogP contribution in [0.1, 0.15) is 15.9 Å². The zero-order valence-electron chi connectivity index (χ0n) is 11.4. The van der Waals surface area contributed by atoms with Crippen LogP contribution in [0.5, 0.6) is 5.75 Å². The van der Waals surface area contributed by atoms with Gasteiger partial charge >= 0.3 is 0 Å². The quantitative estimate of drug-likeness (QED) is 0.364. The Morgan fingerprint density at radius 2 is 1.81 bits per heavy atom. The van der Waals surface area contributed by atoms with Crippen molar-refractivity contribution in [3.05, 3.63) is 75.8 Å². The number of carbonyl (C=O) groups excluding carboxylic acids is 1. The maximum Gasteiger partial charge on any atom is 0.276 e. The van der Waals surface area contributed by atoms with Gasteiger partial charge in [0.2, 0.25) is 0 Å². The van der Waals surface area contributed by atoms with Gasteiger partial charge in [0, 0.05) is 11.6 Å². The average Bonchev–Trinajstić information content (AvgIpc) is 2.52. The van der Waals surface area contributed by atoms with E-state index in [1.165, 1.54) is 18.2 Å². The molecule has 0 spiro atoms. The Bertz CT molecular complexity index is 690. The second-order valence-corrected chi connectivity index (χ2v) is 4.24. The molecule has 2 aromatic rings. The summed E-state index contributed by atoms with van der Waals surface area (Å²) in [5, 5.41) is 10.9. The molecule has 0 aliphatic carbocycles. The number of rotatable bonds is 5. The number of allylic oxidation sites excluding steroid dienone is 1. The number of ether oxygens (including phenoxy) is 1. The van der Waals surface area contributed by atoms with Gasteiger partial charge in [0.25, 0.3) is 5.69 Å².